The van der Waals surface area contributed by atoms with E-state index in [2.05, 4.69) is 33.0 Å². The van der Waals surface area contributed by atoms with Crippen LogP contribution in [0, 0.1) is 5.92 Å². The zero-order valence-electron chi connectivity index (χ0n) is 19.4. The normalized spacial score (nSPS) is 23.3. The van der Waals surface area contributed by atoms with Crippen molar-refractivity contribution in [2.45, 2.75) is 25.5 Å². The lowest BCUT2D eigenvalue weighted by Crippen LogP contribution is -2.55. The lowest BCUT2D eigenvalue weighted by molar-refractivity contribution is 0.0784. The van der Waals surface area contributed by atoms with Gasteiger partial charge in [0, 0.05) is 79.3 Å². The van der Waals surface area contributed by atoms with Gasteiger partial charge in [-0.05, 0) is 24.3 Å². The summed E-state index contributed by atoms with van der Waals surface area (Å²) >= 11 is 0. The van der Waals surface area contributed by atoms with Crippen LogP contribution < -0.4 is 15.5 Å². The van der Waals surface area contributed by atoms with Crippen LogP contribution in [0.25, 0.3) is 10.9 Å². The van der Waals surface area contributed by atoms with Crippen LogP contribution in [0.15, 0.2) is 48.8 Å². The van der Waals surface area contributed by atoms with Gasteiger partial charge in [-0.15, -0.1) is 0 Å². The number of pyridine rings is 2. The van der Waals surface area contributed by atoms with Gasteiger partial charge in [-0.3, -0.25) is 9.78 Å². The average molecular weight is 462 g/mol. The van der Waals surface area contributed by atoms with Crippen LogP contribution >= 0.6 is 0 Å². The molecule has 2 aromatic heterocycles. The van der Waals surface area contributed by atoms with Gasteiger partial charge in [-0.2, -0.15) is 0 Å². The van der Waals surface area contributed by atoms with Crippen molar-refractivity contribution >= 4 is 28.1 Å². The van der Waals surface area contributed by atoms with Crippen LogP contribution in [-0.2, 0) is 11.2 Å². The number of ether oxygens (including phenoxy) is 1. The molecule has 0 amide bonds. The van der Waals surface area contributed by atoms with Crippen LogP contribution in [0.5, 0.6) is 0 Å². The van der Waals surface area contributed by atoms with E-state index in [1.807, 2.05) is 19.1 Å². The Bertz CT molecular complexity index is 1170. The molecule has 0 aliphatic carbocycles. The number of nitrogens with zero attached hydrogens (tertiary/aromatic N) is 4. The van der Waals surface area contributed by atoms with E-state index in [-0.39, 0.29) is 24.2 Å². The molecule has 8 nitrogen and oxygen atoms in total. The Balaban J connectivity index is 1.38. The fraction of sp³-hybridized carbons (Fsp3) is 0.423. The Hall–Kier alpha value is -3.07. The maximum absolute atomic E-state index is 13.3. The zero-order valence-corrected chi connectivity index (χ0v) is 19.4. The highest BCUT2D eigenvalue weighted by Gasteiger charge is 2.32. The number of hydrogen-bond donors (Lipinski definition) is 2. The molecule has 3 N–H and O–H groups in total. The molecule has 0 spiro atoms. The number of anilines is 2. The number of ketones is 1. The molecule has 2 saturated heterocycles. The number of piperidine rings is 1. The van der Waals surface area contributed by atoms with Gasteiger partial charge in [-0.25, -0.2) is 4.98 Å². The number of carbonyl (C=O) groups excluding carboxylic acids is 1. The van der Waals surface area contributed by atoms with Crippen LogP contribution in [0.2, 0.25) is 0 Å². The summed E-state index contributed by atoms with van der Waals surface area (Å²) in [6.07, 6.45) is 3.15. The molecule has 4 heterocycles. The van der Waals surface area contributed by atoms with Crippen molar-refractivity contribution < 1.29 is 14.6 Å². The number of hydrogen-bond acceptors (Lipinski definition) is 8. The molecule has 0 saturated carbocycles. The van der Waals surface area contributed by atoms with Gasteiger partial charge in [0.1, 0.15) is 5.69 Å². The van der Waals surface area contributed by atoms with E-state index in [0.717, 1.165) is 54.1 Å². The molecule has 0 bridgehead atoms. The average Bonchev–Trinajstić information content (AvgIpc) is 2.87. The molecule has 2 aliphatic rings. The summed E-state index contributed by atoms with van der Waals surface area (Å²) < 4.78 is 5.46. The molecule has 3 atom stereocenters. The van der Waals surface area contributed by atoms with Crippen molar-refractivity contribution in [3.05, 3.63) is 60.0 Å². The summed E-state index contributed by atoms with van der Waals surface area (Å²) in [5.41, 5.74) is 10.3. The van der Waals surface area contributed by atoms with Crippen LogP contribution in [0.3, 0.4) is 0 Å². The molecular weight excluding hydrogens is 430 g/mol. The number of carbonyl (C=O) groups is 1. The number of fused-ring (bicyclic) bond motifs is 1. The van der Waals surface area contributed by atoms with Crippen LogP contribution in [0.4, 0.5) is 11.4 Å². The molecule has 3 aromatic rings. The monoisotopic (exact) mass is 461 g/mol. The van der Waals surface area contributed by atoms with Crippen molar-refractivity contribution in [2.75, 3.05) is 49.2 Å². The highest BCUT2D eigenvalue weighted by Crippen LogP contribution is 2.27. The van der Waals surface area contributed by atoms with Crippen LogP contribution in [-0.4, -0.2) is 72.4 Å². The summed E-state index contributed by atoms with van der Waals surface area (Å²) in [6, 6.07) is 11.5. The van der Waals surface area contributed by atoms with E-state index in [1.165, 1.54) is 0 Å². The molecule has 8 heteroatoms. The van der Waals surface area contributed by atoms with Crippen molar-refractivity contribution in [1.29, 1.82) is 0 Å². The number of aromatic nitrogens is 2. The third kappa shape index (κ3) is 4.61. The highest BCUT2D eigenvalue weighted by molar-refractivity contribution is 5.98. The molecule has 1 aromatic carbocycles. The molecule has 178 valence electrons. The topological polar surface area (TPSA) is 105 Å². The minimum absolute atomic E-state index is 0.0447. The molecule has 0 unspecified atom stereocenters. The summed E-state index contributed by atoms with van der Waals surface area (Å²) in [7, 11) is 0. The molecule has 5 rings (SSSR count). The lowest BCUT2D eigenvalue weighted by Gasteiger charge is -2.40. The van der Waals surface area contributed by atoms with Gasteiger partial charge in [0.15, 0.2) is 5.78 Å². The Morgan fingerprint density at radius 2 is 1.94 bits per heavy atom. The second kappa shape index (κ2) is 9.66. The quantitative estimate of drug-likeness (QED) is 0.556. The fourth-order valence-electron chi connectivity index (χ4n) is 4.92. The molecule has 2 aliphatic heterocycles. The largest absolute Gasteiger partial charge is 0.391 e. The molecule has 2 fully saturated rings. The number of morpholine rings is 1. The second-order valence-electron chi connectivity index (χ2n) is 9.31. The van der Waals surface area contributed by atoms with Crippen molar-refractivity contribution in [1.82, 2.24) is 9.97 Å². The number of Topliss-reactive ketones (excluding diaryl/α,β-unsaturated/α-hetero) is 1. The maximum Gasteiger partial charge on any atom is 0.185 e. The van der Waals surface area contributed by atoms with Gasteiger partial charge in [-0.1, -0.05) is 19.1 Å². The molecule has 34 heavy (non-hydrogen) atoms. The molecular formula is C26H31N5O3. The minimum atomic E-state index is -0.521. The Morgan fingerprint density at radius 3 is 2.74 bits per heavy atom. The Morgan fingerprint density at radius 1 is 1.15 bits per heavy atom. The second-order valence-corrected chi connectivity index (χ2v) is 9.31. The maximum atomic E-state index is 13.3. The van der Waals surface area contributed by atoms with Crippen molar-refractivity contribution in [3.8, 4) is 0 Å². The fourth-order valence-corrected chi connectivity index (χ4v) is 4.92. The first-order valence-electron chi connectivity index (χ1n) is 11.9. The van der Waals surface area contributed by atoms with E-state index in [4.69, 9.17) is 15.5 Å². The van der Waals surface area contributed by atoms with Crippen molar-refractivity contribution in [3.63, 3.8) is 0 Å². The Kier molecular flexibility index (Phi) is 6.45. The van der Waals surface area contributed by atoms with Crippen LogP contribution in [0.1, 0.15) is 23.0 Å². The summed E-state index contributed by atoms with van der Waals surface area (Å²) in [5, 5.41) is 11.2. The number of benzene rings is 1. The number of rotatable bonds is 5. The summed E-state index contributed by atoms with van der Waals surface area (Å²) in [6.45, 7) is 6.35. The van der Waals surface area contributed by atoms with Gasteiger partial charge < -0.3 is 25.4 Å². The number of aliphatic hydroxyl groups excluding tert-OH is 1. The predicted octanol–water partition coefficient (Wildman–Crippen LogP) is 2.04. The minimum Gasteiger partial charge on any atom is -0.391 e. The number of nitrogens with two attached hydrogens (primary N) is 1. The third-order valence-corrected chi connectivity index (χ3v) is 6.87. The van der Waals surface area contributed by atoms with E-state index in [9.17, 15) is 9.90 Å². The highest BCUT2D eigenvalue weighted by atomic mass is 16.5. The van der Waals surface area contributed by atoms with Gasteiger partial charge >= 0.3 is 0 Å². The first-order valence-corrected chi connectivity index (χ1v) is 11.9. The number of aliphatic hydroxyl groups is 1. The first kappa shape index (κ1) is 22.7. The lowest BCUT2D eigenvalue weighted by atomic mass is 9.92. The van der Waals surface area contributed by atoms with Gasteiger partial charge in [0.25, 0.3) is 0 Å². The molecule has 0 radical (unpaired) electrons. The van der Waals surface area contributed by atoms with E-state index in [1.54, 1.807) is 18.5 Å². The van der Waals surface area contributed by atoms with E-state index < -0.39 is 6.10 Å². The smallest absolute Gasteiger partial charge is 0.185 e. The van der Waals surface area contributed by atoms with E-state index >= 15 is 0 Å². The summed E-state index contributed by atoms with van der Waals surface area (Å²) in [4.78, 5) is 26.7. The van der Waals surface area contributed by atoms with Gasteiger partial charge in [0.2, 0.25) is 0 Å². The zero-order chi connectivity index (χ0) is 23.7. The third-order valence-electron chi connectivity index (χ3n) is 6.87. The van der Waals surface area contributed by atoms with E-state index in [0.29, 0.717) is 18.8 Å². The predicted molar refractivity (Wildman–Crippen MR) is 132 cm³/mol. The van der Waals surface area contributed by atoms with Crippen molar-refractivity contribution in [2.24, 2.45) is 11.7 Å². The Labute approximate surface area is 199 Å². The standard InChI is InChI=1S/C26H31N5O3/c1-17-15-31(16-21(27)26(17)33)24-6-7-28-14-19(24)12-25(32)22-5-3-18-2-4-20(13-23(18)29-22)30-8-10-34-11-9-30/h2-7,13-14,17,21,26,33H,8-12,15-16,27H2,1H3/t17-,21+,26+/m0/s1. The first-order chi connectivity index (χ1) is 16.5. The van der Waals surface area contributed by atoms with Gasteiger partial charge in [0.05, 0.1) is 24.8 Å². The SMILES string of the molecule is C[C@H]1CN(c2ccncc2CC(=O)c2ccc3ccc(N4CCOCC4)cc3n2)C[C@@H](N)[C@@H]1O. The summed E-state index contributed by atoms with van der Waals surface area (Å²) in [5.74, 6) is -0.00870.